The Balaban J connectivity index is 2.13. The predicted octanol–water partition coefficient (Wildman–Crippen LogP) is 2.02. The molecule has 0 aromatic heterocycles. The Morgan fingerprint density at radius 1 is 1.21 bits per heavy atom. The summed E-state index contributed by atoms with van der Waals surface area (Å²) in [4.78, 5) is 20.5. The van der Waals surface area contributed by atoms with Gasteiger partial charge in [-0.15, -0.1) is 0 Å². The highest BCUT2D eigenvalue weighted by atomic mass is 16.5. The normalized spacial score (nSPS) is 13.7. The quantitative estimate of drug-likeness (QED) is 0.730. The van der Waals surface area contributed by atoms with Crippen LogP contribution in [0.5, 0.6) is 11.5 Å². The third-order valence-corrected chi connectivity index (χ3v) is 4.03. The Morgan fingerprint density at radius 3 is 2.54 bits per heavy atom. The van der Waals surface area contributed by atoms with E-state index < -0.39 is 0 Å². The number of aliphatic imine (C=N–C) groups is 1. The van der Waals surface area contributed by atoms with Gasteiger partial charge in [0.1, 0.15) is 5.84 Å². The van der Waals surface area contributed by atoms with E-state index in [-0.39, 0.29) is 12.5 Å². The van der Waals surface area contributed by atoms with E-state index in [4.69, 9.17) is 9.47 Å². The molecule has 0 saturated heterocycles. The summed E-state index contributed by atoms with van der Waals surface area (Å²) in [5.74, 6) is 2.17. The van der Waals surface area contributed by atoms with Gasteiger partial charge < -0.3 is 19.3 Å². The largest absolute Gasteiger partial charge is 0.490 e. The number of hydrogen-bond donors (Lipinski definition) is 0. The third kappa shape index (κ3) is 4.19. The minimum absolute atomic E-state index is 0.0158. The number of nitrogens with zero attached hydrogens (tertiary/aromatic N) is 3. The zero-order valence-electron chi connectivity index (χ0n) is 15.0. The molecule has 0 bridgehead atoms. The van der Waals surface area contributed by atoms with E-state index >= 15 is 0 Å². The summed E-state index contributed by atoms with van der Waals surface area (Å²) in [6, 6.07) is 5.74. The van der Waals surface area contributed by atoms with E-state index in [9.17, 15) is 4.79 Å². The van der Waals surface area contributed by atoms with Gasteiger partial charge in [0.25, 0.3) is 5.91 Å². The molecular formula is C18H27N3O3. The first-order valence-corrected chi connectivity index (χ1v) is 8.54. The van der Waals surface area contributed by atoms with Gasteiger partial charge in [0.05, 0.1) is 13.2 Å². The number of hydrogen-bond acceptors (Lipinski definition) is 5. The lowest BCUT2D eigenvalue weighted by atomic mass is 10.1. The highest BCUT2D eigenvalue weighted by molar-refractivity contribution is 6.00. The lowest BCUT2D eigenvalue weighted by molar-refractivity contribution is -0.132. The number of carbonyl (C=O) groups is 1. The van der Waals surface area contributed by atoms with Crippen LogP contribution in [0.3, 0.4) is 0 Å². The number of amides is 1. The molecule has 0 radical (unpaired) electrons. The van der Waals surface area contributed by atoms with Gasteiger partial charge in [0.15, 0.2) is 18.1 Å². The lowest BCUT2D eigenvalue weighted by Crippen LogP contribution is -2.34. The van der Waals surface area contributed by atoms with Crippen molar-refractivity contribution in [3.8, 4) is 11.5 Å². The molecule has 1 aliphatic heterocycles. The van der Waals surface area contributed by atoms with Gasteiger partial charge in [-0.1, -0.05) is 0 Å². The van der Waals surface area contributed by atoms with Crippen molar-refractivity contribution in [1.29, 1.82) is 0 Å². The van der Waals surface area contributed by atoms with Crippen molar-refractivity contribution in [2.24, 2.45) is 4.99 Å². The molecule has 0 atom stereocenters. The molecule has 24 heavy (non-hydrogen) atoms. The molecule has 1 aromatic carbocycles. The predicted molar refractivity (Wildman–Crippen MR) is 95.1 cm³/mol. The van der Waals surface area contributed by atoms with Crippen LogP contribution in [0.25, 0.3) is 0 Å². The minimum atomic E-state index is -0.0218. The Kier molecular flexibility index (Phi) is 6.46. The number of rotatable bonds is 8. The van der Waals surface area contributed by atoms with E-state index in [1.54, 1.807) is 4.90 Å². The van der Waals surface area contributed by atoms with Crippen molar-refractivity contribution in [3.63, 3.8) is 0 Å². The monoisotopic (exact) mass is 333 g/mol. The Hall–Kier alpha value is -2.24. The van der Waals surface area contributed by atoms with Crippen LogP contribution in [0.2, 0.25) is 0 Å². The summed E-state index contributed by atoms with van der Waals surface area (Å²) >= 11 is 0. The first-order chi connectivity index (χ1) is 11.6. The van der Waals surface area contributed by atoms with Crippen molar-refractivity contribution in [3.05, 3.63) is 23.8 Å². The van der Waals surface area contributed by atoms with Gasteiger partial charge in [-0.3, -0.25) is 9.79 Å². The van der Waals surface area contributed by atoms with Crippen LogP contribution in [0, 0.1) is 0 Å². The van der Waals surface area contributed by atoms with Gasteiger partial charge in [0, 0.05) is 32.2 Å². The van der Waals surface area contributed by atoms with E-state index in [2.05, 4.69) is 9.89 Å². The molecule has 1 aliphatic rings. The second kappa shape index (κ2) is 8.57. The standard InChI is InChI=1S/C18H27N3O3/c1-5-21(6-2)17(22)13-24-15-9-8-14(12-16(15)23-7-3)18-19-10-11-20(18)4/h8-9,12H,5-7,10-11,13H2,1-4H3. The second-order valence-corrected chi connectivity index (χ2v) is 5.58. The number of likely N-dealkylation sites (N-methyl/N-ethyl adjacent to an activating group) is 2. The molecule has 132 valence electrons. The van der Waals surface area contributed by atoms with Gasteiger partial charge in [0.2, 0.25) is 0 Å². The molecule has 1 amide bonds. The van der Waals surface area contributed by atoms with Crippen LogP contribution >= 0.6 is 0 Å². The smallest absolute Gasteiger partial charge is 0.260 e. The number of benzene rings is 1. The molecule has 0 fully saturated rings. The number of ether oxygens (including phenoxy) is 2. The fourth-order valence-corrected chi connectivity index (χ4v) is 2.69. The summed E-state index contributed by atoms with van der Waals surface area (Å²) in [5.41, 5.74) is 1.00. The molecule has 0 unspecified atom stereocenters. The summed E-state index contributed by atoms with van der Waals surface area (Å²) in [6.07, 6.45) is 0. The lowest BCUT2D eigenvalue weighted by Gasteiger charge is -2.20. The van der Waals surface area contributed by atoms with E-state index in [0.717, 1.165) is 24.5 Å². The van der Waals surface area contributed by atoms with Crippen LogP contribution in [0.15, 0.2) is 23.2 Å². The minimum Gasteiger partial charge on any atom is -0.490 e. The molecule has 0 spiro atoms. The van der Waals surface area contributed by atoms with Crippen molar-refractivity contribution in [2.75, 3.05) is 46.4 Å². The van der Waals surface area contributed by atoms with Crippen LogP contribution in [-0.2, 0) is 4.79 Å². The third-order valence-electron chi connectivity index (χ3n) is 4.03. The molecule has 2 rings (SSSR count). The second-order valence-electron chi connectivity index (χ2n) is 5.58. The summed E-state index contributed by atoms with van der Waals surface area (Å²) in [6.45, 7) is 9.50. The average molecular weight is 333 g/mol. The maximum Gasteiger partial charge on any atom is 0.260 e. The molecule has 1 heterocycles. The zero-order valence-corrected chi connectivity index (χ0v) is 15.0. The molecular weight excluding hydrogens is 306 g/mol. The number of amidine groups is 1. The maximum atomic E-state index is 12.1. The van der Waals surface area contributed by atoms with Gasteiger partial charge in [-0.2, -0.15) is 0 Å². The fourth-order valence-electron chi connectivity index (χ4n) is 2.69. The molecule has 0 aliphatic carbocycles. The number of carbonyl (C=O) groups excluding carboxylic acids is 1. The summed E-state index contributed by atoms with van der Waals surface area (Å²) < 4.78 is 11.4. The zero-order chi connectivity index (χ0) is 17.5. The molecule has 0 saturated carbocycles. The summed E-state index contributed by atoms with van der Waals surface area (Å²) in [7, 11) is 2.03. The fraction of sp³-hybridized carbons (Fsp3) is 0.556. The van der Waals surface area contributed by atoms with Crippen molar-refractivity contribution >= 4 is 11.7 Å². The van der Waals surface area contributed by atoms with Crippen LogP contribution in [-0.4, -0.2) is 68.0 Å². The van der Waals surface area contributed by atoms with Gasteiger partial charge in [-0.25, -0.2) is 0 Å². The first-order valence-electron chi connectivity index (χ1n) is 8.54. The highest BCUT2D eigenvalue weighted by Crippen LogP contribution is 2.29. The van der Waals surface area contributed by atoms with Gasteiger partial charge >= 0.3 is 0 Å². The maximum absolute atomic E-state index is 12.1. The van der Waals surface area contributed by atoms with Crippen molar-refractivity contribution < 1.29 is 14.3 Å². The van der Waals surface area contributed by atoms with Crippen molar-refractivity contribution in [1.82, 2.24) is 9.80 Å². The highest BCUT2D eigenvalue weighted by Gasteiger charge is 2.18. The molecule has 1 aromatic rings. The Bertz CT molecular complexity index is 597. The van der Waals surface area contributed by atoms with E-state index in [1.165, 1.54) is 0 Å². The van der Waals surface area contributed by atoms with Gasteiger partial charge in [-0.05, 0) is 39.0 Å². The first kappa shape index (κ1) is 18.1. The SMILES string of the molecule is CCOc1cc(C2=NCCN2C)ccc1OCC(=O)N(CC)CC. The molecule has 6 heteroatoms. The summed E-state index contributed by atoms with van der Waals surface area (Å²) in [5, 5.41) is 0. The van der Waals surface area contributed by atoms with Crippen LogP contribution in [0.1, 0.15) is 26.3 Å². The van der Waals surface area contributed by atoms with Crippen LogP contribution in [0.4, 0.5) is 0 Å². The van der Waals surface area contributed by atoms with E-state index in [0.29, 0.717) is 31.2 Å². The molecule has 6 nitrogen and oxygen atoms in total. The van der Waals surface area contributed by atoms with Crippen molar-refractivity contribution in [2.45, 2.75) is 20.8 Å². The average Bonchev–Trinajstić information content (AvgIpc) is 3.01. The molecule has 0 N–H and O–H groups in total. The van der Waals surface area contributed by atoms with E-state index in [1.807, 2.05) is 46.0 Å². The topological polar surface area (TPSA) is 54.4 Å². The Morgan fingerprint density at radius 2 is 1.96 bits per heavy atom. The Labute approximate surface area is 144 Å². The van der Waals surface area contributed by atoms with Crippen LogP contribution < -0.4 is 9.47 Å².